The number of sulfone groups is 1. The first-order valence-electron chi connectivity index (χ1n) is 6.64. The summed E-state index contributed by atoms with van der Waals surface area (Å²) in [6.07, 6.45) is 0.664. The molecule has 7 heteroatoms. The Morgan fingerprint density at radius 1 is 1.29 bits per heavy atom. The summed E-state index contributed by atoms with van der Waals surface area (Å²) < 4.78 is 33.0. The first-order valence-corrected chi connectivity index (χ1v) is 8.46. The smallest absolute Gasteiger partial charge is 0.224 e. The van der Waals surface area contributed by atoms with Gasteiger partial charge in [-0.3, -0.25) is 4.79 Å². The van der Waals surface area contributed by atoms with Gasteiger partial charge in [-0.15, -0.1) is 0 Å². The summed E-state index contributed by atoms with van der Waals surface area (Å²) in [6, 6.07) is 4.99. The molecule has 1 aromatic rings. The van der Waals surface area contributed by atoms with E-state index in [1.807, 2.05) is 0 Å². The second-order valence-corrected chi connectivity index (χ2v) is 7.26. The van der Waals surface area contributed by atoms with Gasteiger partial charge in [-0.1, -0.05) is 6.07 Å². The number of hydrogen-bond acceptors (Lipinski definition) is 5. The molecule has 6 nitrogen and oxygen atoms in total. The fourth-order valence-electron chi connectivity index (χ4n) is 2.36. The summed E-state index contributed by atoms with van der Waals surface area (Å²) in [6.45, 7) is 0. The van der Waals surface area contributed by atoms with Crippen molar-refractivity contribution in [2.45, 2.75) is 18.9 Å². The Morgan fingerprint density at radius 3 is 2.57 bits per heavy atom. The van der Waals surface area contributed by atoms with Crippen molar-refractivity contribution in [3.8, 4) is 11.5 Å². The van der Waals surface area contributed by atoms with Crippen molar-refractivity contribution >= 4 is 15.7 Å². The van der Waals surface area contributed by atoms with Crippen LogP contribution >= 0.6 is 0 Å². The van der Waals surface area contributed by atoms with E-state index in [9.17, 15) is 13.2 Å². The molecule has 1 atom stereocenters. The van der Waals surface area contributed by atoms with Crippen LogP contribution in [0.4, 0.5) is 0 Å². The average Bonchev–Trinajstić information content (AvgIpc) is 2.77. The first kappa shape index (κ1) is 15.6. The van der Waals surface area contributed by atoms with E-state index in [2.05, 4.69) is 5.32 Å². The molecule has 0 aliphatic carbocycles. The molecular weight excluding hydrogens is 294 g/mol. The van der Waals surface area contributed by atoms with Crippen LogP contribution in [0, 0.1) is 0 Å². The number of benzene rings is 1. The lowest BCUT2D eigenvalue weighted by molar-refractivity contribution is -0.121. The van der Waals surface area contributed by atoms with Gasteiger partial charge in [0.25, 0.3) is 0 Å². The van der Waals surface area contributed by atoms with E-state index in [0.29, 0.717) is 17.9 Å². The standard InChI is InChI=1S/C14H19NO5S/c1-19-12-4-3-10(7-13(12)20-2)8-14(16)15-11-5-6-21(17,18)9-11/h3-4,7,11H,5-6,8-9H2,1-2H3,(H,15,16). The van der Waals surface area contributed by atoms with E-state index < -0.39 is 9.84 Å². The van der Waals surface area contributed by atoms with Gasteiger partial charge in [0.15, 0.2) is 21.3 Å². The molecule has 116 valence electrons. The zero-order chi connectivity index (χ0) is 15.5. The lowest BCUT2D eigenvalue weighted by Crippen LogP contribution is -2.36. The minimum atomic E-state index is -2.98. The molecule has 1 N–H and O–H groups in total. The van der Waals surface area contributed by atoms with E-state index >= 15 is 0 Å². The lowest BCUT2D eigenvalue weighted by atomic mass is 10.1. The van der Waals surface area contributed by atoms with Crippen molar-refractivity contribution in [2.24, 2.45) is 0 Å². The molecule has 1 aliphatic heterocycles. The van der Waals surface area contributed by atoms with Crippen LogP contribution in [0.2, 0.25) is 0 Å². The number of methoxy groups -OCH3 is 2. The number of carbonyl (C=O) groups excluding carboxylic acids is 1. The normalized spacial score (nSPS) is 20.0. The summed E-state index contributed by atoms with van der Waals surface area (Å²) in [7, 11) is 0.0944. The number of amides is 1. The van der Waals surface area contributed by atoms with E-state index in [0.717, 1.165) is 5.56 Å². The molecule has 1 aliphatic rings. The molecule has 1 saturated heterocycles. The zero-order valence-electron chi connectivity index (χ0n) is 12.1. The Balaban J connectivity index is 1.97. The fraction of sp³-hybridized carbons (Fsp3) is 0.500. The van der Waals surface area contributed by atoms with Crippen LogP contribution in [0.5, 0.6) is 11.5 Å². The summed E-state index contributed by atoms with van der Waals surface area (Å²) in [4.78, 5) is 12.0. The Hall–Kier alpha value is -1.76. The predicted octanol–water partition coefficient (Wildman–Crippen LogP) is 0.550. The Bertz CT molecular complexity index is 626. The maximum absolute atomic E-state index is 12.0. The molecule has 1 amide bonds. The average molecular weight is 313 g/mol. The second-order valence-electron chi connectivity index (χ2n) is 5.03. The molecular formula is C14H19NO5S. The van der Waals surface area contributed by atoms with Gasteiger partial charge in [-0.2, -0.15) is 0 Å². The zero-order valence-corrected chi connectivity index (χ0v) is 12.9. The van der Waals surface area contributed by atoms with Gasteiger partial charge in [0.05, 0.1) is 32.1 Å². The van der Waals surface area contributed by atoms with Crippen LogP contribution in [0.15, 0.2) is 18.2 Å². The maximum Gasteiger partial charge on any atom is 0.224 e. The molecule has 0 saturated carbocycles. The monoisotopic (exact) mass is 313 g/mol. The quantitative estimate of drug-likeness (QED) is 0.858. The van der Waals surface area contributed by atoms with E-state index in [1.165, 1.54) is 7.11 Å². The fourth-order valence-corrected chi connectivity index (χ4v) is 4.04. The molecule has 1 unspecified atom stereocenters. The Labute approximate surface area is 124 Å². The van der Waals surface area contributed by atoms with Crippen LogP contribution in [0.25, 0.3) is 0 Å². The van der Waals surface area contributed by atoms with Crippen molar-refractivity contribution in [3.05, 3.63) is 23.8 Å². The maximum atomic E-state index is 12.0. The van der Waals surface area contributed by atoms with Gasteiger partial charge in [0.2, 0.25) is 5.91 Å². The van der Waals surface area contributed by atoms with Crippen molar-refractivity contribution in [3.63, 3.8) is 0 Å². The van der Waals surface area contributed by atoms with Crippen molar-refractivity contribution in [1.82, 2.24) is 5.32 Å². The Kier molecular flexibility index (Phi) is 4.72. The first-order chi connectivity index (χ1) is 9.93. The van der Waals surface area contributed by atoms with E-state index in [-0.39, 0.29) is 29.9 Å². The molecule has 1 fully saturated rings. The van der Waals surface area contributed by atoms with Gasteiger partial charge in [0.1, 0.15) is 0 Å². The molecule has 1 aromatic carbocycles. The van der Waals surface area contributed by atoms with Gasteiger partial charge < -0.3 is 14.8 Å². The van der Waals surface area contributed by atoms with E-state index in [1.54, 1.807) is 25.3 Å². The highest BCUT2D eigenvalue weighted by Crippen LogP contribution is 2.27. The van der Waals surface area contributed by atoms with Crippen LogP contribution < -0.4 is 14.8 Å². The minimum absolute atomic E-state index is 0.0324. The molecule has 21 heavy (non-hydrogen) atoms. The molecule has 1 heterocycles. The number of hydrogen-bond donors (Lipinski definition) is 1. The van der Waals surface area contributed by atoms with Crippen LogP contribution in [-0.2, 0) is 21.1 Å². The number of rotatable bonds is 5. The Morgan fingerprint density at radius 2 is 2.00 bits per heavy atom. The lowest BCUT2D eigenvalue weighted by Gasteiger charge is -2.12. The van der Waals surface area contributed by atoms with Crippen LogP contribution in [-0.4, -0.2) is 46.1 Å². The number of nitrogens with one attached hydrogen (secondary N) is 1. The third-order valence-electron chi connectivity index (χ3n) is 3.41. The highest BCUT2D eigenvalue weighted by Gasteiger charge is 2.28. The molecule has 0 bridgehead atoms. The van der Waals surface area contributed by atoms with Crippen molar-refractivity contribution in [1.29, 1.82) is 0 Å². The van der Waals surface area contributed by atoms with Crippen LogP contribution in [0.1, 0.15) is 12.0 Å². The van der Waals surface area contributed by atoms with Crippen LogP contribution in [0.3, 0.4) is 0 Å². The topological polar surface area (TPSA) is 81.7 Å². The van der Waals surface area contributed by atoms with Gasteiger partial charge in [0, 0.05) is 6.04 Å². The van der Waals surface area contributed by atoms with Gasteiger partial charge in [-0.25, -0.2) is 8.42 Å². The molecule has 2 rings (SSSR count). The summed E-state index contributed by atoms with van der Waals surface area (Å²) >= 11 is 0. The van der Waals surface area contributed by atoms with Crippen molar-refractivity contribution in [2.75, 3.05) is 25.7 Å². The van der Waals surface area contributed by atoms with Gasteiger partial charge >= 0.3 is 0 Å². The highest BCUT2D eigenvalue weighted by atomic mass is 32.2. The summed E-state index contributed by atoms with van der Waals surface area (Å²) in [5.41, 5.74) is 0.783. The highest BCUT2D eigenvalue weighted by molar-refractivity contribution is 7.91. The summed E-state index contributed by atoms with van der Waals surface area (Å²) in [5, 5.41) is 2.76. The third-order valence-corrected chi connectivity index (χ3v) is 5.18. The molecule has 0 spiro atoms. The minimum Gasteiger partial charge on any atom is -0.493 e. The summed E-state index contributed by atoms with van der Waals surface area (Å²) in [5.74, 6) is 1.15. The largest absolute Gasteiger partial charge is 0.493 e. The van der Waals surface area contributed by atoms with E-state index in [4.69, 9.17) is 9.47 Å². The molecule has 0 aromatic heterocycles. The SMILES string of the molecule is COc1ccc(CC(=O)NC2CCS(=O)(=O)C2)cc1OC. The van der Waals surface area contributed by atoms with Gasteiger partial charge in [-0.05, 0) is 24.1 Å². The number of carbonyl (C=O) groups is 1. The second kappa shape index (κ2) is 6.34. The number of ether oxygens (including phenoxy) is 2. The predicted molar refractivity (Wildman–Crippen MR) is 78.5 cm³/mol. The van der Waals surface area contributed by atoms with Crippen molar-refractivity contribution < 1.29 is 22.7 Å². The third kappa shape index (κ3) is 4.10. The molecule has 0 radical (unpaired) electrons.